The maximum Gasteiger partial charge on any atom is 0.336 e. The van der Waals surface area contributed by atoms with E-state index in [4.69, 9.17) is 27.9 Å². The molecule has 3 N–H and O–H groups in total. The van der Waals surface area contributed by atoms with Crippen LogP contribution in [0, 0.1) is 0 Å². The fraction of sp³-hybridized carbons (Fsp3) is 0.152. The molecule has 0 aliphatic heterocycles. The van der Waals surface area contributed by atoms with Crippen LogP contribution in [0.5, 0.6) is 11.5 Å². The van der Waals surface area contributed by atoms with Crippen molar-refractivity contribution < 1.29 is 39.2 Å². The summed E-state index contributed by atoms with van der Waals surface area (Å²) in [6, 6.07) is 20.5. The minimum absolute atomic E-state index is 0.0125. The molecule has 9 nitrogen and oxygen atoms in total. The highest BCUT2D eigenvalue weighted by molar-refractivity contribution is 6.42. The van der Waals surface area contributed by atoms with E-state index in [1.165, 1.54) is 4.90 Å². The Balaban J connectivity index is 1.59. The van der Waals surface area contributed by atoms with E-state index in [9.17, 15) is 34.5 Å². The van der Waals surface area contributed by atoms with E-state index < -0.39 is 52.1 Å². The molecule has 0 heterocycles. The lowest BCUT2D eigenvalue weighted by molar-refractivity contribution is 0.0611. The first kappa shape index (κ1) is 30.6. The lowest BCUT2D eigenvalue weighted by Gasteiger charge is -2.36. The Kier molecular flexibility index (Phi) is 8.89. The minimum atomic E-state index is -1.62. The normalized spacial score (nSPS) is 13.9. The molecule has 0 aromatic heterocycles. The summed E-state index contributed by atoms with van der Waals surface area (Å²) in [6.45, 7) is 0.0125. The largest absolute Gasteiger partial charge is 0.478 e. The Hall–Kier alpha value is -4.86. The van der Waals surface area contributed by atoms with E-state index >= 15 is 0 Å². The SMILES string of the molecule is O=C(O)c1cc(C(=O)O)c(C(=O)N(Cc2cccc(Oc3ccc(Cl)c(Cl)c3)c2)[C@H]2CCCc3ccccc32)cc1C(=O)O. The Morgan fingerprint density at radius 1 is 0.727 bits per heavy atom. The van der Waals surface area contributed by atoms with Gasteiger partial charge in [-0.2, -0.15) is 0 Å². The second-order valence-corrected chi connectivity index (χ2v) is 11.0. The molecule has 1 atom stereocenters. The molecule has 0 saturated carbocycles. The lowest BCUT2D eigenvalue weighted by atomic mass is 9.86. The number of carbonyl (C=O) groups is 4. The van der Waals surface area contributed by atoms with Gasteiger partial charge in [-0.15, -0.1) is 0 Å². The summed E-state index contributed by atoms with van der Waals surface area (Å²) in [6.07, 6.45) is 2.14. The van der Waals surface area contributed by atoms with Crippen molar-refractivity contribution in [3.8, 4) is 11.5 Å². The number of carbonyl (C=O) groups excluding carboxylic acids is 1. The van der Waals surface area contributed by atoms with Gasteiger partial charge in [-0.05, 0) is 72.4 Å². The van der Waals surface area contributed by atoms with Crippen molar-refractivity contribution in [3.05, 3.63) is 128 Å². The number of hydrogen-bond acceptors (Lipinski definition) is 5. The Bertz CT molecular complexity index is 1800. The van der Waals surface area contributed by atoms with Crippen LogP contribution in [0.3, 0.4) is 0 Å². The zero-order valence-electron chi connectivity index (χ0n) is 23.0. The number of carboxylic acids is 3. The monoisotopic (exact) mass is 633 g/mol. The van der Waals surface area contributed by atoms with Crippen LogP contribution >= 0.6 is 23.2 Å². The molecule has 0 bridgehead atoms. The number of fused-ring (bicyclic) bond motifs is 1. The quantitative estimate of drug-likeness (QED) is 0.171. The number of carboxylic acid groups (broad SMARTS) is 3. The van der Waals surface area contributed by atoms with Crippen molar-refractivity contribution in [1.29, 1.82) is 0 Å². The third-order valence-corrected chi connectivity index (χ3v) is 8.17. The molecule has 1 amide bonds. The van der Waals surface area contributed by atoms with Crippen LogP contribution in [0.1, 0.15) is 77.0 Å². The first-order chi connectivity index (χ1) is 21.0. The molecule has 4 aromatic rings. The van der Waals surface area contributed by atoms with Gasteiger partial charge < -0.3 is 25.0 Å². The Morgan fingerprint density at radius 2 is 1.36 bits per heavy atom. The number of amides is 1. The van der Waals surface area contributed by atoms with E-state index in [1.807, 2.05) is 24.3 Å². The van der Waals surface area contributed by atoms with Gasteiger partial charge in [0, 0.05) is 12.6 Å². The number of ether oxygens (including phenoxy) is 1. The summed E-state index contributed by atoms with van der Waals surface area (Å²) in [5.74, 6) is -4.65. The fourth-order valence-electron chi connectivity index (χ4n) is 5.42. The third-order valence-electron chi connectivity index (χ3n) is 7.43. The summed E-state index contributed by atoms with van der Waals surface area (Å²) in [4.78, 5) is 51.8. The molecule has 0 fully saturated rings. The zero-order valence-corrected chi connectivity index (χ0v) is 24.5. The molecule has 0 spiro atoms. The van der Waals surface area contributed by atoms with Crippen molar-refractivity contribution in [3.63, 3.8) is 0 Å². The predicted molar refractivity (Wildman–Crippen MR) is 162 cm³/mol. The zero-order chi connectivity index (χ0) is 31.5. The molecule has 5 rings (SSSR count). The summed E-state index contributed by atoms with van der Waals surface area (Å²) >= 11 is 12.1. The second-order valence-electron chi connectivity index (χ2n) is 10.2. The van der Waals surface area contributed by atoms with Crippen molar-refractivity contribution in [2.75, 3.05) is 0 Å². The molecular weight excluding hydrogens is 609 g/mol. The van der Waals surface area contributed by atoms with Crippen LogP contribution in [0.25, 0.3) is 0 Å². The second kappa shape index (κ2) is 12.8. The summed E-state index contributed by atoms with van der Waals surface area (Å²) < 4.78 is 5.97. The predicted octanol–water partition coefficient (Wildman–Crippen LogP) is 7.60. The average Bonchev–Trinajstić information content (AvgIpc) is 3.00. The molecule has 11 heteroatoms. The van der Waals surface area contributed by atoms with Crippen molar-refractivity contribution in [1.82, 2.24) is 4.90 Å². The number of hydrogen-bond donors (Lipinski definition) is 3. The van der Waals surface area contributed by atoms with E-state index in [0.717, 1.165) is 36.1 Å². The molecule has 1 aliphatic rings. The molecule has 44 heavy (non-hydrogen) atoms. The fourth-order valence-corrected chi connectivity index (χ4v) is 5.71. The molecule has 1 aliphatic carbocycles. The summed E-state index contributed by atoms with van der Waals surface area (Å²) in [5, 5.41) is 29.9. The van der Waals surface area contributed by atoms with Crippen molar-refractivity contribution >= 4 is 47.0 Å². The number of halogens is 2. The first-order valence-corrected chi connectivity index (χ1v) is 14.3. The molecule has 4 aromatic carbocycles. The van der Waals surface area contributed by atoms with Gasteiger partial charge in [0.1, 0.15) is 11.5 Å². The first-order valence-electron chi connectivity index (χ1n) is 13.5. The molecule has 0 saturated heterocycles. The van der Waals surface area contributed by atoms with E-state index in [0.29, 0.717) is 33.5 Å². The van der Waals surface area contributed by atoms with Crippen LogP contribution in [0.15, 0.2) is 78.9 Å². The summed E-state index contributed by atoms with van der Waals surface area (Å²) in [5.41, 5.74) is 0.141. The highest BCUT2D eigenvalue weighted by Crippen LogP contribution is 2.37. The number of aromatic carboxylic acids is 3. The molecule has 0 unspecified atom stereocenters. The Morgan fingerprint density at radius 3 is 2.05 bits per heavy atom. The van der Waals surface area contributed by atoms with Gasteiger partial charge in [0.25, 0.3) is 5.91 Å². The number of rotatable bonds is 9. The number of aryl methyl sites for hydroxylation is 1. The maximum atomic E-state index is 14.3. The average molecular weight is 634 g/mol. The Labute approximate surface area is 261 Å². The van der Waals surface area contributed by atoms with E-state index in [-0.39, 0.29) is 6.54 Å². The highest BCUT2D eigenvalue weighted by Gasteiger charge is 2.33. The van der Waals surface area contributed by atoms with Gasteiger partial charge in [0.05, 0.1) is 38.3 Å². The third kappa shape index (κ3) is 6.39. The lowest BCUT2D eigenvalue weighted by Crippen LogP contribution is -2.37. The number of benzene rings is 4. The van der Waals surface area contributed by atoms with Gasteiger partial charge in [-0.1, -0.05) is 59.6 Å². The van der Waals surface area contributed by atoms with E-state index in [1.54, 1.807) is 42.5 Å². The van der Waals surface area contributed by atoms with Gasteiger partial charge in [0.15, 0.2) is 0 Å². The van der Waals surface area contributed by atoms with Crippen LogP contribution in [0.2, 0.25) is 10.0 Å². The van der Waals surface area contributed by atoms with Crippen molar-refractivity contribution in [2.45, 2.75) is 31.8 Å². The topological polar surface area (TPSA) is 141 Å². The van der Waals surface area contributed by atoms with Crippen LogP contribution in [0.4, 0.5) is 0 Å². The van der Waals surface area contributed by atoms with Gasteiger partial charge in [0.2, 0.25) is 0 Å². The standard InChI is InChI=1S/C33H25Cl2NO8/c34-27-12-11-21(14-28(27)35)44-20-8-3-5-18(13-20)17-36(29-10-4-7-19-6-1-2-9-22(19)29)30(37)23-15-25(32(40)41)26(33(42)43)16-24(23)31(38)39/h1-3,5-6,8-9,11-16,29H,4,7,10,17H2,(H,38,39)(H,40,41)(H,42,43)/t29-/m0/s1. The highest BCUT2D eigenvalue weighted by atomic mass is 35.5. The van der Waals surface area contributed by atoms with Gasteiger partial charge in [-0.3, -0.25) is 4.79 Å². The van der Waals surface area contributed by atoms with Crippen LogP contribution in [-0.2, 0) is 13.0 Å². The molecule has 0 radical (unpaired) electrons. The smallest absolute Gasteiger partial charge is 0.336 e. The van der Waals surface area contributed by atoms with Gasteiger partial charge >= 0.3 is 17.9 Å². The minimum Gasteiger partial charge on any atom is -0.478 e. The maximum absolute atomic E-state index is 14.3. The molecule has 224 valence electrons. The van der Waals surface area contributed by atoms with E-state index in [2.05, 4.69) is 0 Å². The number of nitrogens with zero attached hydrogens (tertiary/aromatic N) is 1. The van der Waals surface area contributed by atoms with Crippen LogP contribution < -0.4 is 4.74 Å². The summed E-state index contributed by atoms with van der Waals surface area (Å²) in [7, 11) is 0. The van der Waals surface area contributed by atoms with Gasteiger partial charge in [-0.25, -0.2) is 14.4 Å². The van der Waals surface area contributed by atoms with Crippen LogP contribution in [-0.4, -0.2) is 44.0 Å². The van der Waals surface area contributed by atoms with Crippen molar-refractivity contribution in [2.24, 2.45) is 0 Å². The molecular formula is C33H25Cl2NO8.